The van der Waals surface area contributed by atoms with E-state index in [4.69, 9.17) is 4.99 Å². The number of nitrogens with one attached hydrogen (secondary N) is 2. The first-order valence-corrected chi connectivity index (χ1v) is 10.7. The van der Waals surface area contributed by atoms with Gasteiger partial charge in [0.1, 0.15) is 0 Å². The van der Waals surface area contributed by atoms with Crippen molar-refractivity contribution >= 4 is 41.8 Å². The van der Waals surface area contributed by atoms with Crippen LogP contribution in [0.15, 0.2) is 17.1 Å². The van der Waals surface area contributed by atoms with Gasteiger partial charge in [-0.3, -0.25) is 19.5 Å². The van der Waals surface area contributed by atoms with Gasteiger partial charge in [0.2, 0.25) is 11.8 Å². The van der Waals surface area contributed by atoms with Crippen LogP contribution in [0.25, 0.3) is 0 Å². The van der Waals surface area contributed by atoms with E-state index in [2.05, 4.69) is 29.7 Å². The molecule has 2 bridgehead atoms. The number of likely N-dealkylation sites (tertiary alicyclic amines) is 1. The highest BCUT2D eigenvalue weighted by Crippen LogP contribution is 2.61. The zero-order valence-electron chi connectivity index (χ0n) is 16.5. The van der Waals surface area contributed by atoms with Crippen LogP contribution in [0.2, 0.25) is 0 Å². The summed E-state index contributed by atoms with van der Waals surface area (Å²) in [6.07, 6.45) is 10.6. The minimum atomic E-state index is -0.0947. The highest BCUT2D eigenvalue weighted by Gasteiger charge is 2.59. The molecule has 6 nitrogen and oxygen atoms in total. The van der Waals surface area contributed by atoms with Crippen LogP contribution in [0.1, 0.15) is 39.0 Å². The Morgan fingerprint density at radius 1 is 1.14 bits per heavy atom. The average Bonchev–Trinajstić information content (AvgIpc) is 3.56. The van der Waals surface area contributed by atoms with Crippen molar-refractivity contribution in [3.63, 3.8) is 0 Å². The molecule has 5 aliphatic rings. The first-order chi connectivity index (χ1) is 13.1. The van der Waals surface area contributed by atoms with Crippen molar-refractivity contribution < 1.29 is 9.59 Å². The predicted molar refractivity (Wildman–Crippen MR) is 118 cm³/mol. The summed E-state index contributed by atoms with van der Waals surface area (Å²) >= 11 is 0. The van der Waals surface area contributed by atoms with Gasteiger partial charge in [0.25, 0.3) is 0 Å². The molecule has 0 spiro atoms. The van der Waals surface area contributed by atoms with Gasteiger partial charge in [-0.2, -0.15) is 0 Å². The van der Waals surface area contributed by atoms with Crippen LogP contribution < -0.4 is 10.6 Å². The summed E-state index contributed by atoms with van der Waals surface area (Å²) in [6, 6.07) is 0. The Labute approximate surface area is 184 Å². The lowest BCUT2D eigenvalue weighted by Crippen LogP contribution is -2.44. The van der Waals surface area contributed by atoms with E-state index in [1.54, 1.807) is 0 Å². The van der Waals surface area contributed by atoms with Gasteiger partial charge in [0, 0.05) is 26.2 Å². The van der Waals surface area contributed by atoms with Crippen molar-refractivity contribution in [1.82, 2.24) is 15.5 Å². The number of rotatable bonds is 7. The summed E-state index contributed by atoms with van der Waals surface area (Å²) in [4.78, 5) is 31.8. The standard InChI is InChI=1S/C21H30N4O2.HI/c1-2-22-20(24-12-21(7-8-21)15-5-6-15)23-9-10-25-18(26)16-13-3-4-14(11-13)17(16)19(25)27;/h3-4,13-17H,2,5-12H2,1H3,(H2,22,23,24);1H. The molecule has 2 amide bonds. The van der Waals surface area contributed by atoms with Gasteiger partial charge in [-0.05, 0) is 62.2 Å². The molecular weight excluding hydrogens is 467 g/mol. The zero-order valence-corrected chi connectivity index (χ0v) is 18.9. The molecule has 0 aromatic carbocycles. The number of allylic oxidation sites excluding steroid dienone is 2. The summed E-state index contributed by atoms with van der Waals surface area (Å²) in [7, 11) is 0. The van der Waals surface area contributed by atoms with Crippen LogP contribution in [-0.4, -0.2) is 48.9 Å². The normalized spacial score (nSPS) is 34.5. The fourth-order valence-electron chi connectivity index (χ4n) is 5.60. The highest BCUT2D eigenvalue weighted by molar-refractivity contribution is 14.0. The largest absolute Gasteiger partial charge is 0.357 e. The molecule has 0 radical (unpaired) electrons. The smallest absolute Gasteiger partial charge is 0.233 e. The molecule has 28 heavy (non-hydrogen) atoms. The molecule has 5 rings (SSSR count). The molecule has 4 atom stereocenters. The highest BCUT2D eigenvalue weighted by atomic mass is 127. The maximum absolute atomic E-state index is 12.7. The van der Waals surface area contributed by atoms with Gasteiger partial charge in [-0.15, -0.1) is 24.0 Å². The quantitative estimate of drug-likeness (QED) is 0.186. The third-order valence-electron chi connectivity index (χ3n) is 7.42. The second kappa shape index (κ2) is 7.61. The number of aliphatic imine (C=N–C) groups is 1. The number of fused-ring (bicyclic) bond motifs is 5. The molecule has 1 saturated heterocycles. The molecule has 4 aliphatic carbocycles. The molecular formula is C21H31IN4O2. The Balaban J connectivity index is 0.00000192. The van der Waals surface area contributed by atoms with Gasteiger partial charge in [0.15, 0.2) is 5.96 Å². The van der Waals surface area contributed by atoms with Crippen LogP contribution in [0, 0.1) is 35.0 Å². The topological polar surface area (TPSA) is 73.8 Å². The molecule has 0 aromatic rings. The van der Waals surface area contributed by atoms with E-state index in [1.807, 2.05) is 0 Å². The van der Waals surface area contributed by atoms with Crippen LogP contribution >= 0.6 is 24.0 Å². The van der Waals surface area contributed by atoms with E-state index in [0.29, 0.717) is 18.5 Å². The lowest BCUT2D eigenvalue weighted by Gasteiger charge is -2.19. The van der Waals surface area contributed by atoms with E-state index in [0.717, 1.165) is 31.4 Å². The van der Waals surface area contributed by atoms with Crippen LogP contribution in [0.4, 0.5) is 0 Å². The minimum Gasteiger partial charge on any atom is -0.357 e. The molecule has 1 aliphatic heterocycles. The minimum absolute atomic E-state index is 0. The number of carbonyl (C=O) groups is 2. The molecule has 4 fully saturated rings. The monoisotopic (exact) mass is 498 g/mol. The molecule has 7 heteroatoms. The number of nitrogens with zero attached hydrogens (tertiary/aromatic N) is 2. The maximum atomic E-state index is 12.7. The van der Waals surface area contributed by atoms with Gasteiger partial charge in [0.05, 0.1) is 11.8 Å². The second-order valence-corrected chi connectivity index (χ2v) is 9.09. The molecule has 3 saturated carbocycles. The first kappa shape index (κ1) is 20.2. The van der Waals surface area contributed by atoms with Gasteiger partial charge >= 0.3 is 0 Å². The van der Waals surface area contributed by atoms with E-state index >= 15 is 0 Å². The molecule has 1 heterocycles. The molecule has 4 unspecified atom stereocenters. The van der Waals surface area contributed by atoms with Crippen molar-refractivity contribution in [2.75, 3.05) is 26.2 Å². The Morgan fingerprint density at radius 2 is 1.79 bits per heavy atom. The maximum Gasteiger partial charge on any atom is 0.233 e. The number of halogens is 1. The van der Waals surface area contributed by atoms with E-state index in [1.165, 1.54) is 30.6 Å². The summed E-state index contributed by atoms with van der Waals surface area (Å²) in [5.41, 5.74) is 0.479. The molecule has 0 aromatic heterocycles. The summed E-state index contributed by atoms with van der Waals surface area (Å²) in [6.45, 7) is 4.75. The molecule has 2 N–H and O–H groups in total. The fourth-order valence-corrected chi connectivity index (χ4v) is 5.60. The van der Waals surface area contributed by atoms with Crippen LogP contribution in [-0.2, 0) is 9.59 Å². The SMILES string of the molecule is CCNC(=NCC1(C2CC2)CC1)NCCN1C(=O)C2C3C=CC(C3)C2C1=O.I. The summed E-state index contributed by atoms with van der Waals surface area (Å²) in [5.74, 6) is 2.16. The molecule has 154 valence electrons. The zero-order chi connectivity index (χ0) is 18.6. The second-order valence-electron chi connectivity index (χ2n) is 9.09. The number of guanidine groups is 1. The van der Waals surface area contributed by atoms with Crippen LogP contribution in [0.3, 0.4) is 0 Å². The van der Waals surface area contributed by atoms with E-state index in [-0.39, 0.29) is 59.5 Å². The predicted octanol–water partition coefficient (Wildman–Crippen LogP) is 2.16. The van der Waals surface area contributed by atoms with Crippen molar-refractivity contribution in [2.24, 2.45) is 40.0 Å². The summed E-state index contributed by atoms with van der Waals surface area (Å²) < 4.78 is 0. The lowest BCUT2D eigenvalue weighted by molar-refractivity contribution is -0.140. The number of hydrogen-bond donors (Lipinski definition) is 2. The Hall–Kier alpha value is -1.12. The van der Waals surface area contributed by atoms with Gasteiger partial charge in [-0.1, -0.05) is 12.2 Å². The lowest BCUT2D eigenvalue weighted by atomic mass is 9.85. The summed E-state index contributed by atoms with van der Waals surface area (Å²) in [5, 5.41) is 6.62. The number of hydrogen-bond acceptors (Lipinski definition) is 3. The number of amides is 2. The van der Waals surface area contributed by atoms with Crippen molar-refractivity contribution in [3.05, 3.63) is 12.2 Å². The van der Waals surface area contributed by atoms with Crippen LogP contribution in [0.5, 0.6) is 0 Å². The van der Waals surface area contributed by atoms with E-state index in [9.17, 15) is 9.59 Å². The van der Waals surface area contributed by atoms with E-state index < -0.39 is 0 Å². The number of imide groups is 1. The Bertz CT molecular complexity index is 683. The van der Waals surface area contributed by atoms with Crippen molar-refractivity contribution in [1.29, 1.82) is 0 Å². The van der Waals surface area contributed by atoms with Gasteiger partial charge in [-0.25, -0.2) is 0 Å². The van der Waals surface area contributed by atoms with Crippen molar-refractivity contribution in [2.45, 2.75) is 39.0 Å². The Morgan fingerprint density at radius 3 is 2.32 bits per heavy atom. The average molecular weight is 498 g/mol. The number of carbonyl (C=O) groups excluding carboxylic acids is 2. The van der Waals surface area contributed by atoms with Gasteiger partial charge < -0.3 is 10.6 Å². The third kappa shape index (κ3) is 3.37. The van der Waals surface area contributed by atoms with Crippen molar-refractivity contribution in [3.8, 4) is 0 Å². The Kier molecular flexibility index (Phi) is 5.48. The third-order valence-corrected chi connectivity index (χ3v) is 7.42. The fraction of sp³-hybridized carbons (Fsp3) is 0.762. The first-order valence-electron chi connectivity index (χ1n) is 10.7.